The molecule has 1 atom stereocenters. The average Bonchev–Trinajstić information content (AvgIpc) is 3.32. The van der Waals surface area contributed by atoms with Crippen molar-refractivity contribution < 1.29 is 0 Å². The van der Waals surface area contributed by atoms with Crippen molar-refractivity contribution in [2.45, 2.75) is 5.41 Å². The average molecular weight is 977 g/mol. The molecule has 2 nitrogen and oxygen atoms in total. The summed E-state index contributed by atoms with van der Waals surface area (Å²) in [4.78, 5) is 2.48. The highest BCUT2D eigenvalue weighted by Gasteiger charge is 2.51. The van der Waals surface area contributed by atoms with E-state index in [2.05, 4.69) is 301 Å². The van der Waals surface area contributed by atoms with Crippen molar-refractivity contribution in [2.75, 3.05) is 4.90 Å². The second-order valence-corrected chi connectivity index (χ2v) is 20.7. The summed E-state index contributed by atoms with van der Waals surface area (Å²) in [6.07, 6.45) is 0. The lowest BCUT2D eigenvalue weighted by atomic mass is 9.65. The van der Waals surface area contributed by atoms with Crippen molar-refractivity contribution in [1.29, 1.82) is 0 Å². The van der Waals surface area contributed by atoms with Crippen LogP contribution in [0.25, 0.3) is 105 Å². The summed E-state index contributed by atoms with van der Waals surface area (Å²) < 4.78 is 2.53. The molecule has 14 aromatic rings. The third kappa shape index (κ3) is 6.37. The molecule has 1 spiro atoms. The maximum Gasteiger partial charge on any atom is 0.0754 e. The predicted octanol–water partition coefficient (Wildman–Crippen LogP) is 19.9. The van der Waals surface area contributed by atoms with Gasteiger partial charge in [0.15, 0.2) is 0 Å². The van der Waals surface area contributed by atoms with Crippen molar-refractivity contribution in [3.63, 3.8) is 0 Å². The number of benzene rings is 13. The maximum atomic E-state index is 2.53. The van der Waals surface area contributed by atoms with E-state index in [1.807, 2.05) is 0 Å². The number of fused-ring (bicyclic) bond motifs is 14. The van der Waals surface area contributed by atoms with Gasteiger partial charge in [-0.15, -0.1) is 0 Å². The lowest BCUT2D eigenvalue weighted by Gasteiger charge is -2.39. The number of rotatable bonds is 7. The summed E-state index contributed by atoms with van der Waals surface area (Å²) in [7, 11) is 0. The first-order valence-corrected chi connectivity index (χ1v) is 26.7. The van der Waals surface area contributed by atoms with E-state index < -0.39 is 5.41 Å². The van der Waals surface area contributed by atoms with Crippen molar-refractivity contribution in [3.8, 4) is 61.3 Å². The van der Waals surface area contributed by atoms with Gasteiger partial charge >= 0.3 is 0 Å². The van der Waals surface area contributed by atoms with Gasteiger partial charge in [-0.25, -0.2) is 0 Å². The molecule has 77 heavy (non-hydrogen) atoms. The minimum atomic E-state index is -0.545. The van der Waals surface area contributed by atoms with Gasteiger partial charge in [0.05, 0.1) is 33.5 Å². The van der Waals surface area contributed by atoms with Crippen molar-refractivity contribution in [2.24, 2.45) is 0 Å². The molecule has 0 saturated carbocycles. The molecule has 2 heterocycles. The molecule has 358 valence electrons. The SMILES string of the molecule is c1ccc(-c2ccc(-c3ccccc3N(c3ccc(-c4cccc5ccccc45)cc3)c3ccc(-c4ccc5c(c4)C4(c6ccccc6-5)c5ccccc5-n5c6ccccc6c6cccc4c65)c4ccccc34)cc2)cc1. The Bertz CT molecular complexity index is 4670. The van der Waals surface area contributed by atoms with Crippen LogP contribution in [0, 0.1) is 0 Å². The van der Waals surface area contributed by atoms with Gasteiger partial charge in [-0.1, -0.05) is 249 Å². The summed E-state index contributed by atoms with van der Waals surface area (Å²) in [5, 5.41) is 7.42. The number of anilines is 3. The molecule has 0 N–H and O–H groups in total. The highest BCUT2D eigenvalue weighted by Crippen LogP contribution is 2.61. The molecular weight excluding hydrogens is 929 g/mol. The molecule has 1 unspecified atom stereocenters. The van der Waals surface area contributed by atoms with Gasteiger partial charge in [0.25, 0.3) is 0 Å². The van der Waals surface area contributed by atoms with Crippen LogP contribution in [0.5, 0.6) is 0 Å². The normalized spacial score (nSPS) is 14.0. The van der Waals surface area contributed by atoms with Gasteiger partial charge in [0, 0.05) is 27.4 Å². The third-order valence-corrected chi connectivity index (χ3v) is 16.8. The third-order valence-electron chi connectivity index (χ3n) is 16.8. The minimum Gasteiger partial charge on any atom is -0.309 e. The molecule has 1 aliphatic heterocycles. The van der Waals surface area contributed by atoms with Crippen molar-refractivity contribution in [3.05, 3.63) is 313 Å². The lowest BCUT2D eigenvalue weighted by Crippen LogP contribution is -2.33. The van der Waals surface area contributed by atoms with Gasteiger partial charge in [0.1, 0.15) is 0 Å². The van der Waals surface area contributed by atoms with Crippen LogP contribution in [0.15, 0.2) is 291 Å². The first-order valence-electron chi connectivity index (χ1n) is 26.7. The van der Waals surface area contributed by atoms with E-state index in [-0.39, 0.29) is 0 Å². The van der Waals surface area contributed by atoms with Gasteiger partial charge in [-0.3, -0.25) is 0 Å². The second kappa shape index (κ2) is 17.0. The van der Waals surface area contributed by atoms with Crippen LogP contribution < -0.4 is 4.90 Å². The first kappa shape index (κ1) is 43.4. The quantitative estimate of drug-likeness (QED) is 0.154. The monoisotopic (exact) mass is 976 g/mol. The Morgan fingerprint density at radius 1 is 0.273 bits per heavy atom. The van der Waals surface area contributed by atoms with Crippen LogP contribution in [0.1, 0.15) is 22.3 Å². The highest BCUT2D eigenvalue weighted by molar-refractivity contribution is 6.13. The first-order chi connectivity index (χ1) is 38.2. The molecule has 13 aromatic carbocycles. The smallest absolute Gasteiger partial charge is 0.0754 e. The fourth-order valence-electron chi connectivity index (χ4n) is 13.5. The van der Waals surface area contributed by atoms with Crippen molar-refractivity contribution in [1.82, 2.24) is 4.57 Å². The highest BCUT2D eigenvalue weighted by atomic mass is 15.1. The summed E-state index contributed by atoms with van der Waals surface area (Å²) in [6.45, 7) is 0. The Kier molecular flexibility index (Phi) is 9.58. The largest absolute Gasteiger partial charge is 0.309 e. The second-order valence-electron chi connectivity index (χ2n) is 20.7. The molecular formula is C75H48N2. The van der Waals surface area contributed by atoms with Crippen molar-refractivity contribution >= 4 is 60.4 Å². The zero-order valence-electron chi connectivity index (χ0n) is 42.1. The molecule has 0 amide bonds. The summed E-state index contributed by atoms with van der Waals surface area (Å²) in [5.74, 6) is 0. The number of aromatic nitrogens is 1. The Morgan fingerprint density at radius 2 is 0.805 bits per heavy atom. The van der Waals surface area contributed by atoms with Crippen LogP contribution in [0.3, 0.4) is 0 Å². The van der Waals surface area contributed by atoms with Gasteiger partial charge in [-0.2, -0.15) is 0 Å². The van der Waals surface area contributed by atoms with Crippen LogP contribution in [-0.2, 0) is 5.41 Å². The number of nitrogens with zero attached hydrogens (tertiary/aromatic N) is 2. The van der Waals surface area contributed by atoms with Crippen LogP contribution in [-0.4, -0.2) is 4.57 Å². The maximum absolute atomic E-state index is 2.53. The van der Waals surface area contributed by atoms with E-state index in [1.165, 1.54) is 116 Å². The van der Waals surface area contributed by atoms with Gasteiger partial charge in [0.2, 0.25) is 0 Å². The number of hydrogen-bond donors (Lipinski definition) is 0. The fraction of sp³-hybridized carbons (Fsp3) is 0.0133. The van der Waals surface area contributed by atoms with Crippen LogP contribution in [0.4, 0.5) is 17.1 Å². The molecule has 1 aliphatic carbocycles. The molecule has 0 radical (unpaired) electrons. The zero-order valence-corrected chi connectivity index (χ0v) is 42.1. The van der Waals surface area contributed by atoms with Crippen LogP contribution >= 0.6 is 0 Å². The molecule has 16 rings (SSSR count). The number of para-hydroxylation sites is 4. The predicted molar refractivity (Wildman–Crippen MR) is 323 cm³/mol. The minimum absolute atomic E-state index is 0.545. The Labute approximate surface area is 447 Å². The molecule has 1 aromatic heterocycles. The standard InChI is InChI=1S/C75H48N2/c1-2-18-49(19-3-1)50-36-38-53(39-37-50)59-23-9-13-33-70(59)76(55-43-40-52(41-44-55)57-28-16-21-51-20-4-5-22-56(51)57)72-47-46-58(60-24-6-7-26-63(60)72)54-42-45-62-61-25-8-11-30-66(61)75(69(62)48-54)67-31-12-15-35-73(67)77-71-34-14-10-27-64(71)65-29-17-32-68(75)74(65)77/h1-48H. The van der Waals surface area contributed by atoms with E-state index in [0.717, 1.165) is 28.2 Å². The van der Waals surface area contributed by atoms with Gasteiger partial charge in [-0.05, 0) is 131 Å². The van der Waals surface area contributed by atoms with Gasteiger partial charge < -0.3 is 9.47 Å². The van der Waals surface area contributed by atoms with E-state index in [1.54, 1.807) is 0 Å². The lowest BCUT2D eigenvalue weighted by molar-refractivity contribution is 0.749. The van der Waals surface area contributed by atoms with E-state index in [0.29, 0.717) is 0 Å². The zero-order chi connectivity index (χ0) is 50.6. The van der Waals surface area contributed by atoms with E-state index in [9.17, 15) is 0 Å². The summed E-state index contributed by atoms with van der Waals surface area (Å²) >= 11 is 0. The molecule has 0 fully saturated rings. The van der Waals surface area contributed by atoms with E-state index in [4.69, 9.17) is 0 Å². The molecule has 0 bridgehead atoms. The molecule has 0 saturated heterocycles. The molecule has 2 aliphatic rings. The van der Waals surface area contributed by atoms with E-state index >= 15 is 0 Å². The summed E-state index contributed by atoms with van der Waals surface area (Å²) in [5.41, 5.74) is 23.9. The Morgan fingerprint density at radius 3 is 1.66 bits per heavy atom. The van der Waals surface area contributed by atoms with Crippen LogP contribution in [0.2, 0.25) is 0 Å². The fourth-order valence-corrected chi connectivity index (χ4v) is 13.5. The topological polar surface area (TPSA) is 8.17 Å². The Balaban J connectivity index is 0.894. The summed E-state index contributed by atoms with van der Waals surface area (Å²) in [6, 6.07) is 108. The Hall–Kier alpha value is -10.0. The molecule has 2 heteroatoms. The number of hydrogen-bond acceptors (Lipinski definition) is 1.